The Balaban J connectivity index is 0. The molecule has 0 atom stereocenters. The minimum Gasteiger partial charge on any atom is -0.370 e. The number of ether oxygens (including phenoxy) is 1. The van der Waals surface area contributed by atoms with Gasteiger partial charge in [0, 0.05) is 7.11 Å². The van der Waals surface area contributed by atoms with Gasteiger partial charge in [-0.3, -0.25) is 0 Å². The molecule has 0 saturated carbocycles. The Morgan fingerprint density at radius 2 is 1.67 bits per heavy atom. The highest BCUT2D eigenvalue weighted by Crippen LogP contribution is 1.40. The van der Waals surface area contributed by atoms with Crippen LogP contribution in [-0.2, 0) is 4.74 Å². The zero-order valence-corrected chi connectivity index (χ0v) is 4.27. The van der Waals surface area contributed by atoms with Crippen LogP contribution in [0.2, 0.25) is 0 Å². The van der Waals surface area contributed by atoms with Crippen molar-refractivity contribution < 1.29 is 4.74 Å². The van der Waals surface area contributed by atoms with Crippen molar-refractivity contribution >= 4 is 0 Å². The summed E-state index contributed by atoms with van der Waals surface area (Å²) in [5.74, 6) is 0. The van der Waals surface area contributed by atoms with E-state index in [4.69, 9.17) is 5.73 Å². The van der Waals surface area contributed by atoms with Gasteiger partial charge in [-0.2, -0.15) is 0 Å². The maximum atomic E-state index is 4.81. The highest BCUT2D eigenvalue weighted by molar-refractivity contribution is 3.89. The molecule has 0 spiro atoms. The molecule has 0 saturated heterocycles. The monoisotopic (exact) mass is 92.1 g/mol. The number of methoxy groups -OCH3 is 1. The third kappa shape index (κ3) is 41.6. The summed E-state index contributed by atoms with van der Waals surface area (Å²) in [5, 5.41) is 0. The predicted molar refractivity (Wildman–Crippen MR) is 26.2 cm³/mol. The number of hydrogen-bond acceptors (Lipinski definition) is 3. The molecule has 0 heterocycles. The van der Waals surface area contributed by atoms with Crippen molar-refractivity contribution in [3.63, 3.8) is 0 Å². The van der Waals surface area contributed by atoms with Crippen LogP contribution in [0, 0.1) is 0 Å². The van der Waals surface area contributed by atoms with Crippen molar-refractivity contribution in [1.82, 2.24) is 0 Å². The zero-order chi connectivity index (χ0) is 5.41. The van der Waals surface area contributed by atoms with Crippen LogP contribution in [0.15, 0.2) is 0 Å². The molecule has 0 aromatic carbocycles. The van der Waals surface area contributed by atoms with Crippen LogP contribution in [0.4, 0.5) is 0 Å². The third-order valence-electron chi connectivity index (χ3n) is 0.167. The molecule has 0 radical (unpaired) electrons. The Morgan fingerprint density at radius 1 is 1.50 bits per heavy atom. The standard InChI is InChI=1S/C2H7NO.CH5N/c1-4-2-3;1-2/h2-3H2,1H3;2H2,1H3. The summed E-state index contributed by atoms with van der Waals surface area (Å²) in [6, 6.07) is 0. The number of hydrogen-bond donors (Lipinski definition) is 2. The Labute approximate surface area is 38.3 Å². The molecule has 0 amide bonds. The van der Waals surface area contributed by atoms with Gasteiger partial charge in [0.15, 0.2) is 0 Å². The smallest absolute Gasteiger partial charge is 0.0936 e. The van der Waals surface area contributed by atoms with E-state index in [1.54, 1.807) is 7.11 Å². The van der Waals surface area contributed by atoms with Crippen molar-refractivity contribution in [1.29, 1.82) is 0 Å². The lowest BCUT2D eigenvalue weighted by Crippen LogP contribution is -1.98. The first-order chi connectivity index (χ1) is 2.91. The van der Waals surface area contributed by atoms with Gasteiger partial charge in [0.2, 0.25) is 0 Å². The molecule has 0 unspecified atom stereocenters. The normalized spacial score (nSPS) is 6.00. The van der Waals surface area contributed by atoms with E-state index in [2.05, 4.69) is 10.5 Å². The molecule has 0 aliphatic heterocycles. The van der Waals surface area contributed by atoms with Crippen molar-refractivity contribution in [3.05, 3.63) is 0 Å². The first kappa shape index (κ1) is 9.30. The van der Waals surface area contributed by atoms with E-state index in [0.29, 0.717) is 6.73 Å². The number of nitrogens with two attached hydrogens (primary N) is 2. The number of rotatable bonds is 1. The fourth-order valence-electron chi connectivity index (χ4n) is 0. The average Bonchev–Trinajstić information content (AvgIpc) is 1.72. The molecule has 6 heavy (non-hydrogen) atoms. The average molecular weight is 92.1 g/mol. The third-order valence-corrected chi connectivity index (χ3v) is 0.167. The quantitative estimate of drug-likeness (QED) is 0.413. The second-order valence-electron chi connectivity index (χ2n) is 0.455. The molecule has 0 aromatic heterocycles. The molecule has 4 N–H and O–H groups in total. The molecule has 0 rings (SSSR count). The lowest BCUT2D eigenvalue weighted by Gasteiger charge is -1.77. The molecule has 3 nitrogen and oxygen atoms in total. The second-order valence-corrected chi connectivity index (χ2v) is 0.455. The first-order valence-corrected chi connectivity index (χ1v) is 1.68. The zero-order valence-electron chi connectivity index (χ0n) is 4.27. The van der Waals surface area contributed by atoms with Crippen LogP contribution in [0.1, 0.15) is 0 Å². The van der Waals surface area contributed by atoms with Gasteiger partial charge in [0.25, 0.3) is 0 Å². The Bertz CT molecular complexity index is 10.8. The highest BCUT2D eigenvalue weighted by atomic mass is 16.5. The molecular formula is C3H12N2O. The largest absolute Gasteiger partial charge is 0.370 e. The van der Waals surface area contributed by atoms with E-state index in [9.17, 15) is 0 Å². The van der Waals surface area contributed by atoms with Crippen LogP contribution >= 0.6 is 0 Å². The van der Waals surface area contributed by atoms with E-state index in [1.807, 2.05) is 0 Å². The van der Waals surface area contributed by atoms with Crippen molar-refractivity contribution in [3.8, 4) is 0 Å². The van der Waals surface area contributed by atoms with Crippen LogP contribution < -0.4 is 11.5 Å². The molecule has 0 bridgehead atoms. The van der Waals surface area contributed by atoms with E-state index in [-0.39, 0.29) is 0 Å². The van der Waals surface area contributed by atoms with Crippen LogP contribution in [0.5, 0.6) is 0 Å². The predicted octanol–water partition coefficient (Wildman–Crippen LogP) is -0.876. The van der Waals surface area contributed by atoms with Gasteiger partial charge in [-0.1, -0.05) is 0 Å². The molecule has 40 valence electrons. The van der Waals surface area contributed by atoms with Gasteiger partial charge in [-0.25, -0.2) is 0 Å². The Kier molecular flexibility index (Phi) is 32.2. The van der Waals surface area contributed by atoms with E-state index >= 15 is 0 Å². The Morgan fingerprint density at radius 3 is 1.67 bits per heavy atom. The fourth-order valence-corrected chi connectivity index (χ4v) is 0. The minimum absolute atomic E-state index is 0.319. The van der Waals surface area contributed by atoms with Gasteiger partial charge >= 0.3 is 0 Å². The summed E-state index contributed by atoms with van der Waals surface area (Å²) < 4.78 is 4.32. The van der Waals surface area contributed by atoms with Crippen LogP contribution in [0.3, 0.4) is 0 Å². The molecule has 0 aliphatic rings. The molecule has 3 heteroatoms. The van der Waals surface area contributed by atoms with Gasteiger partial charge in [-0.05, 0) is 7.05 Å². The summed E-state index contributed by atoms with van der Waals surface area (Å²) in [5.41, 5.74) is 9.31. The van der Waals surface area contributed by atoms with Gasteiger partial charge in [0.1, 0.15) is 0 Å². The summed E-state index contributed by atoms with van der Waals surface area (Å²) in [6.45, 7) is 0.319. The molecule has 0 aromatic rings. The van der Waals surface area contributed by atoms with Crippen molar-refractivity contribution in [2.24, 2.45) is 11.5 Å². The highest BCUT2D eigenvalue weighted by Gasteiger charge is 1.50. The van der Waals surface area contributed by atoms with Crippen LogP contribution in [-0.4, -0.2) is 20.9 Å². The lowest BCUT2D eigenvalue weighted by molar-refractivity contribution is 0.207. The lowest BCUT2D eigenvalue weighted by atomic mass is 11.3. The van der Waals surface area contributed by atoms with Gasteiger partial charge in [0.05, 0.1) is 6.73 Å². The van der Waals surface area contributed by atoms with Crippen molar-refractivity contribution in [2.75, 3.05) is 20.9 Å². The molecule has 0 aliphatic carbocycles. The first-order valence-electron chi connectivity index (χ1n) is 1.68. The maximum Gasteiger partial charge on any atom is 0.0936 e. The Hall–Kier alpha value is -0.120. The van der Waals surface area contributed by atoms with Gasteiger partial charge in [-0.15, -0.1) is 0 Å². The molecule has 0 fully saturated rings. The second kappa shape index (κ2) is 20.8. The van der Waals surface area contributed by atoms with Crippen LogP contribution in [0.25, 0.3) is 0 Å². The summed E-state index contributed by atoms with van der Waals surface area (Å²) in [7, 11) is 3.06. The summed E-state index contributed by atoms with van der Waals surface area (Å²) in [6.07, 6.45) is 0. The maximum absolute atomic E-state index is 4.81. The summed E-state index contributed by atoms with van der Waals surface area (Å²) in [4.78, 5) is 0. The SMILES string of the molecule is CN.COCN. The molecular weight excluding hydrogens is 80.0 g/mol. The fraction of sp³-hybridized carbons (Fsp3) is 1.00. The van der Waals surface area contributed by atoms with E-state index in [1.165, 1.54) is 7.05 Å². The van der Waals surface area contributed by atoms with E-state index in [0.717, 1.165) is 0 Å². The topological polar surface area (TPSA) is 61.3 Å². The van der Waals surface area contributed by atoms with E-state index < -0.39 is 0 Å². The minimum atomic E-state index is 0.319. The van der Waals surface area contributed by atoms with Gasteiger partial charge < -0.3 is 16.2 Å². The van der Waals surface area contributed by atoms with Crippen molar-refractivity contribution in [2.45, 2.75) is 0 Å². The summed E-state index contributed by atoms with van der Waals surface area (Å²) >= 11 is 0.